The Hall–Kier alpha value is -3.35. The van der Waals surface area contributed by atoms with E-state index in [0.717, 1.165) is 11.1 Å². The molecule has 0 aromatic heterocycles. The number of aliphatic imine (C=N–C) groups is 2. The number of carbonyl (C=O) groups is 2. The molecule has 6 nitrogen and oxygen atoms in total. The summed E-state index contributed by atoms with van der Waals surface area (Å²) in [5, 5.41) is 8.62. The van der Waals surface area contributed by atoms with Crippen LogP contribution >= 0.6 is 0 Å². The monoisotopic (exact) mass is 371 g/mol. The fraction of sp³-hybridized carbons (Fsp3) is 0.200. The standard InChI is InChI=1S/C20H22FN3O3/c1-3-8-15(4-2)14-23-17-11-10-16(20(27)24-21)13-18(17)22-12-7-5-6-9-19(25)26/h3-4,8,10-14H,1-2,5-7,9H2,(H,24,27)(H,25,26)/b15-8+,22-12?,23-14?. The van der Waals surface area contributed by atoms with Crippen molar-refractivity contribution in [3.05, 3.63) is 60.7 Å². The molecule has 2 N–H and O–H groups in total. The van der Waals surface area contributed by atoms with Gasteiger partial charge >= 0.3 is 5.97 Å². The third-order valence-electron chi connectivity index (χ3n) is 3.43. The first-order chi connectivity index (χ1) is 13.0. The summed E-state index contributed by atoms with van der Waals surface area (Å²) in [5.41, 5.74) is 2.81. The molecule has 1 aromatic rings. The Morgan fingerprint density at radius 1 is 1.19 bits per heavy atom. The molecule has 0 radical (unpaired) electrons. The second-order valence-electron chi connectivity index (χ2n) is 5.44. The highest BCUT2D eigenvalue weighted by Crippen LogP contribution is 2.29. The van der Waals surface area contributed by atoms with Crippen molar-refractivity contribution in [3.8, 4) is 0 Å². The highest BCUT2D eigenvalue weighted by molar-refractivity contribution is 5.96. The minimum absolute atomic E-state index is 0.107. The van der Waals surface area contributed by atoms with Crippen LogP contribution in [0.25, 0.3) is 0 Å². The lowest BCUT2D eigenvalue weighted by molar-refractivity contribution is -0.137. The van der Waals surface area contributed by atoms with Gasteiger partial charge < -0.3 is 5.11 Å². The lowest BCUT2D eigenvalue weighted by Gasteiger charge is -2.04. The molecule has 0 aliphatic heterocycles. The summed E-state index contributed by atoms with van der Waals surface area (Å²) >= 11 is 0. The molecule has 1 amide bonds. The van der Waals surface area contributed by atoms with Crippen LogP contribution in [0.5, 0.6) is 0 Å². The van der Waals surface area contributed by atoms with Crippen LogP contribution in [0.3, 0.4) is 0 Å². The van der Waals surface area contributed by atoms with Crippen molar-refractivity contribution in [2.24, 2.45) is 9.98 Å². The Labute approximate surface area is 157 Å². The Balaban J connectivity index is 3.01. The van der Waals surface area contributed by atoms with Gasteiger partial charge in [0.2, 0.25) is 0 Å². The molecule has 7 heteroatoms. The van der Waals surface area contributed by atoms with E-state index >= 15 is 0 Å². The average molecular weight is 371 g/mol. The van der Waals surface area contributed by atoms with E-state index in [2.05, 4.69) is 23.1 Å². The van der Waals surface area contributed by atoms with Gasteiger partial charge in [0, 0.05) is 24.4 Å². The first kappa shape index (κ1) is 21.7. The molecule has 0 aliphatic carbocycles. The van der Waals surface area contributed by atoms with Crippen LogP contribution in [0.15, 0.2) is 65.1 Å². The number of carboxylic acid groups (broad SMARTS) is 1. The summed E-state index contributed by atoms with van der Waals surface area (Å²) in [7, 11) is 0. The maximum Gasteiger partial charge on any atom is 0.303 e. The van der Waals surface area contributed by atoms with E-state index in [9.17, 15) is 14.1 Å². The minimum Gasteiger partial charge on any atom is -0.481 e. The molecule has 0 bridgehead atoms. The normalized spacial score (nSPS) is 11.7. The van der Waals surface area contributed by atoms with Crippen molar-refractivity contribution in [3.63, 3.8) is 0 Å². The van der Waals surface area contributed by atoms with Gasteiger partial charge in [-0.05, 0) is 43.0 Å². The van der Waals surface area contributed by atoms with Crippen molar-refractivity contribution in [2.75, 3.05) is 0 Å². The Morgan fingerprint density at radius 3 is 2.59 bits per heavy atom. The zero-order valence-electron chi connectivity index (χ0n) is 14.9. The van der Waals surface area contributed by atoms with Crippen LogP contribution in [-0.2, 0) is 4.79 Å². The van der Waals surface area contributed by atoms with Crippen molar-refractivity contribution in [1.82, 2.24) is 5.54 Å². The molecule has 1 rings (SSSR count). The van der Waals surface area contributed by atoms with Gasteiger partial charge in [0.15, 0.2) is 0 Å². The molecular formula is C20H22FN3O3. The van der Waals surface area contributed by atoms with E-state index in [4.69, 9.17) is 5.11 Å². The summed E-state index contributed by atoms with van der Waals surface area (Å²) < 4.78 is 12.4. The van der Waals surface area contributed by atoms with Gasteiger partial charge in [0.1, 0.15) is 0 Å². The minimum atomic E-state index is -0.873. The number of nitrogens with one attached hydrogen (secondary N) is 1. The third-order valence-corrected chi connectivity index (χ3v) is 3.43. The number of benzene rings is 1. The van der Waals surface area contributed by atoms with E-state index in [0.29, 0.717) is 30.6 Å². The van der Waals surface area contributed by atoms with E-state index in [1.807, 2.05) is 0 Å². The fourth-order valence-corrected chi connectivity index (χ4v) is 2.05. The van der Waals surface area contributed by atoms with Gasteiger partial charge in [-0.25, -0.2) is 0 Å². The largest absolute Gasteiger partial charge is 0.481 e. The van der Waals surface area contributed by atoms with Gasteiger partial charge in [-0.2, -0.15) is 5.54 Å². The van der Waals surface area contributed by atoms with Crippen LogP contribution in [0.4, 0.5) is 15.9 Å². The highest BCUT2D eigenvalue weighted by Gasteiger charge is 2.08. The third kappa shape index (κ3) is 8.04. The first-order valence-electron chi connectivity index (χ1n) is 8.30. The van der Waals surface area contributed by atoms with E-state index in [-0.39, 0.29) is 12.0 Å². The molecule has 0 aliphatic rings. The van der Waals surface area contributed by atoms with Gasteiger partial charge in [-0.15, -0.1) is 0 Å². The molecule has 142 valence electrons. The maximum absolute atomic E-state index is 12.4. The summed E-state index contributed by atoms with van der Waals surface area (Å²) in [6, 6.07) is 4.44. The average Bonchev–Trinajstić information content (AvgIpc) is 2.67. The number of halogens is 1. The second-order valence-corrected chi connectivity index (χ2v) is 5.44. The molecule has 0 saturated heterocycles. The predicted molar refractivity (Wildman–Crippen MR) is 106 cm³/mol. The van der Waals surface area contributed by atoms with Crippen LogP contribution in [-0.4, -0.2) is 29.4 Å². The fourth-order valence-electron chi connectivity index (χ4n) is 2.05. The number of carbonyl (C=O) groups excluding carboxylic acids is 1. The molecular weight excluding hydrogens is 349 g/mol. The van der Waals surface area contributed by atoms with E-state index < -0.39 is 11.9 Å². The van der Waals surface area contributed by atoms with Gasteiger partial charge in [0.25, 0.3) is 5.91 Å². The topological polar surface area (TPSA) is 91.1 Å². The number of unbranched alkanes of at least 4 members (excludes halogenated alkanes) is 2. The van der Waals surface area contributed by atoms with Crippen LogP contribution in [0, 0.1) is 0 Å². The summed E-state index contributed by atoms with van der Waals surface area (Å²) in [6.45, 7) is 7.29. The number of nitrogens with zero attached hydrogens (tertiary/aromatic N) is 2. The lowest BCUT2D eigenvalue weighted by Crippen LogP contribution is -2.13. The lowest BCUT2D eigenvalue weighted by atomic mass is 10.1. The number of amides is 1. The van der Waals surface area contributed by atoms with Crippen molar-refractivity contribution < 1.29 is 19.2 Å². The zero-order valence-corrected chi connectivity index (χ0v) is 14.9. The van der Waals surface area contributed by atoms with Gasteiger partial charge in [0.05, 0.1) is 11.4 Å². The van der Waals surface area contributed by atoms with Crippen molar-refractivity contribution in [1.29, 1.82) is 0 Å². The predicted octanol–water partition coefficient (Wildman–Crippen LogP) is 4.65. The number of aliphatic carboxylic acids is 1. The number of hydrogen-bond acceptors (Lipinski definition) is 4. The van der Waals surface area contributed by atoms with Crippen LogP contribution in [0.1, 0.15) is 36.0 Å². The summed E-state index contributed by atoms with van der Waals surface area (Å²) in [6.07, 6.45) is 10.0. The number of carboxylic acids is 1. The summed E-state index contributed by atoms with van der Waals surface area (Å²) in [4.78, 5) is 30.6. The number of hydrogen-bond donors (Lipinski definition) is 2. The molecule has 0 heterocycles. The molecule has 0 unspecified atom stereocenters. The molecule has 0 atom stereocenters. The SMILES string of the molecule is C=C/C=C(\C=C)C=Nc1ccc(C(=O)NF)cc1N=CCCCCC(=O)O. The molecule has 0 fully saturated rings. The van der Waals surface area contributed by atoms with Gasteiger partial charge in [-0.3, -0.25) is 19.6 Å². The first-order valence-corrected chi connectivity index (χ1v) is 8.30. The zero-order chi connectivity index (χ0) is 20.1. The van der Waals surface area contributed by atoms with Crippen molar-refractivity contribution in [2.45, 2.75) is 25.7 Å². The Kier molecular flexibility index (Phi) is 9.70. The van der Waals surface area contributed by atoms with Crippen molar-refractivity contribution >= 4 is 35.7 Å². The van der Waals surface area contributed by atoms with E-state index in [1.165, 1.54) is 12.1 Å². The number of rotatable bonds is 11. The molecule has 0 spiro atoms. The second kappa shape index (κ2) is 12.1. The molecule has 1 aromatic carbocycles. The van der Waals surface area contributed by atoms with Crippen LogP contribution < -0.4 is 5.54 Å². The smallest absolute Gasteiger partial charge is 0.303 e. The van der Waals surface area contributed by atoms with Gasteiger partial charge in [-0.1, -0.05) is 35.9 Å². The van der Waals surface area contributed by atoms with Crippen LogP contribution in [0.2, 0.25) is 0 Å². The highest BCUT2D eigenvalue weighted by atomic mass is 19.2. The quantitative estimate of drug-likeness (QED) is 0.257. The Morgan fingerprint density at radius 2 is 1.96 bits per heavy atom. The Bertz CT molecular complexity index is 783. The number of allylic oxidation sites excluding steroid dienone is 4. The van der Waals surface area contributed by atoms with E-state index in [1.54, 1.807) is 36.7 Å². The maximum atomic E-state index is 12.4. The molecule has 0 saturated carbocycles. The summed E-state index contributed by atoms with van der Waals surface area (Å²) in [5.74, 6) is -1.71. The molecule has 27 heavy (non-hydrogen) atoms.